The number of hydrogen-bond acceptors (Lipinski definition) is 5. The van der Waals surface area contributed by atoms with Gasteiger partial charge in [0, 0.05) is 18.6 Å². The fraction of sp³-hybridized carbons (Fsp3) is 0.286. The number of nitrogen functional groups attached to an aromatic ring is 1. The lowest BCUT2D eigenvalue weighted by Crippen LogP contribution is -2.20. The maximum absolute atomic E-state index is 6.04. The second kappa shape index (κ2) is 6.43. The SMILES string of the molecule is CCOc1ncnc(N(C)Cc2cccc(Cl)c2)c1N. The van der Waals surface area contributed by atoms with Gasteiger partial charge in [-0.1, -0.05) is 23.7 Å². The van der Waals surface area contributed by atoms with Gasteiger partial charge in [0.15, 0.2) is 5.82 Å². The number of nitrogens with zero attached hydrogens (tertiary/aromatic N) is 3. The van der Waals surface area contributed by atoms with Crippen molar-refractivity contribution in [2.75, 3.05) is 24.3 Å². The molecule has 2 aromatic rings. The van der Waals surface area contributed by atoms with Gasteiger partial charge in [0.2, 0.25) is 5.88 Å². The van der Waals surface area contributed by atoms with Crippen LogP contribution in [-0.4, -0.2) is 23.6 Å². The quantitative estimate of drug-likeness (QED) is 0.918. The highest BCUT2D eigenvalue weighted by atomic mass is 35.5. The molecule has 0 radical (unpaired) electrons. The van der Waals surface area contributed by atoms with E-state index in [2.05, 4.69) is 9.97 Å². The molecule has 0 amide bonds. The van der Waals surface area contributed by atoms with Crippen molar-refractivity contribution in [2.45, 2.75) is 13.5 Å². The number of nitrogens with two attached hydrogens (primary N) is 1. The van der Waals surface area contributed by atoms with Crippen LogP contribution in [0.1, 0.15) is 12.5 Å². The molecule has 0 saturated heterocycles. The van der Waals surface area contributed by atoms with Crippen LogP contribution in [-0.2, 0) is 6.54 Å². The molecular weight excluding hydrogens is 276 g/mol. The highest BCUT2D eigenvalue weighted by Crippen LogP contribution is 2.28. The molecule has 6 heteroatoms. The topological polar surface area (TPSA) is 64.3 Å². The van der Waals surface area contributed by atoms with E-state index < -0.39 is 0 Å². The van der Waals surface area contributed by atoms with Crippen molar-refractivity contribution in [3.05, 3.63) is 41.2 Å². The molecule has 0 atom stereocenters. The zero-order valence-corrected chi connectivity index (χ0v) is 12.3. The average Bonchev–Trinajstić information content (AvgIpc) is 2.41. The second-order valence-corrected chi connectivity index (χ2v) is 4.77. The molecule has 1 aromatic heterocycles. The molecule has 1 aromatic carbocycles. The number of halogens is 1. The molecule has 106 valence electrons. The van der Waals surface area contributed by atoms with Gasteiger partial charge in [-0.2, -0.15) is 4.98 Å². The molecular formula is C14H17ClN4O. The smallest absolute Gasteiger partial charge is 0.242 e. The predicted molar refractivity (Wildman–Crippen MR) is 81.2 cm³/mol. The fourth-order valence-electron chi connectivity index (χ4n) is 1.91. The van der Waals surface area contributed by atoms with Crippen LogP contribution in [0, 0.1) is 0 Å². The number of benzene rings is 1. The molecule has 0 aliphatic carbocycles. The lowest BCUT2D eigenvalue weighted by Gasteiger charge is -2.20. The maximum atomic E-state index is 6.04. The van der Waals surface area contributed by atoms with Crippen LogP contribution in [0.3, 0.4) is 0 Å². The molecule has 20 heavy (non-hydrogen) atoms. The maximum Gasteiger partial charge on any atom is 0.242 e. The number of rotatable bonds is 5. The van der Waals surface area contributed by atoms with E-state index in [1.165, 1.54) is 6.33 Å². The van der Waals surface area contributed by atoms with Gasteiger partial charge in [-0.05, 0) is 24.6 Å². The number of ether oxygens (including phenoxy) is 1. The van der Waals surface area contributed by atoms with Crippen molar-refractivity contribution in [1.82, 2.24) is 9.97 Å². The summed E-state index contributed by atoms with van der Waals surface area (Å²) in [5, 5.41) is 0.710. The third-order valence-electron chi connectivity index (χ3n) is 2.78. The summed E-state index contributed by atoms with van der Waals surface area (Å²) in [6.07, 6.45) is 1.45. The van der Waals surface area contributed by atoms with Crippen LogP contribution in [0.15, 0.2) is 30.6 Å². The predicted octanol–water partition coefficient (Wildman–Crippen LogP) is 2.75. The summed E-state index contributed by atoms with van der Waals surface area (Å²) >= 11 is 5.98. The summed E-state index contributed by atoms with van der Waals surface area (Å²) in [6, 6.07) is 7.68. The highest BCUT2D eigenvalue weighted by Gasteiger charge is 2.13. The Bertz CT molecular complexity index is 591. The molecule has 5 nitrogen and oxygen atoms in total. The Balaban J connectivity index is 2.21. The minimum atomic E-state index is 0.412. The second-order valence-electron chi connectivity index (χ2n) is 4.34. The molecule has 0 fully saturated rings. The summed E-state index contributed by atoms with van der Waals surface area (Å²) in [5.74, 6) is 1.05. The van der Waals surface area contributed by atoms with Crippen molar-refractivity contribution in [3.8, 4) is 5.88 Å². The van der Waals surface area contributed by atoms with Crippen molar-refractivity contribution in [2.24, 2.45) is 0 Å². The summed E-state index contributed by atoms with van der Waals surface area (Å²) in [4.78, 5) is 10.2. The fourth-order valence-corrected chi connectivity index (χ4v) is 2.12. The average molecular weight is 293 g/mol. The molecule has 1 heterocycles. The van der Waals surface area contributed by atoms with Crippen LogP contribution in [0.5, 0.6) is 5.88 Å². The Kier molecular flexibility index (Phi) is 4.63. The molecule has 0 bridgehead atoms. The van der Waals surface area contributed by atoms with Gasteiger partial charge in [0.1, 0.15) is 12.0 Å². The Morgan fingerprint density at radius 3 is 2.85 bits per heavy atom. The Morgan fingerprint density at radius 1 is 1.35 bits per heavy atom. The number of aromatic nitrogens is 2. The van der Waals surface area contributed by atoms with Crippen LogP contribution >= 0.6 is 11.6 Å². The summed E-state index contributed by atoms with van der Waals surface area (Å²) in [5.41, 5.74) is 7.56. The minimum absolute atomic E-state index is 0.412. The van der Waals surface area contributed by atoms with E-state index in [9.17, 15) is 0 Å². The van der Waals surface area contributed by atoms with Gasteiger partial charge in [-0.25, -0.2) is 4.98 Å². The van der Waals surface area contributed by atoms with Crippen molar-refractivity contribution in [1.29, 1.82) is 0 Å². The highest BCUT2D eigenvalue weighted by molar-refractivity contribution is 6.30. The molecule has 0 aliphatic rings. The molecule has 0 spiro atoms. The first-order chi connectivity index (χ1) is 9.61. The van der Waals surface area contributed by atoms with E-state index >= 15 is 0 Å². The molecule has 2 rings (SSSR count). The Morgan fingerprint density at radius 2 is 2.15 bits per heavy atom. The monoisotopic (exact) mass is 292 g/mol. The molecule has 2 N–H and O–H groups in total. The van der Waals surface area contributed by atoms with Crippen LogP contribution in [0.2, 0.25) is 5.02 Å². The van der Waals surface area contributed by atoms with Gasteiger partial charge in [-0.15, -0.1) is 0 Å². The lowest BCUT2D eigenvalue weighted by molar-refractivity contribution is 0.328. The largest absolute Gasteiger partial charge is 0.476 e. The van der Waals surface area contributed by atoms with Crippen molar-refractivity contribution in [3.63, 3.8) is 0 Å². The van der Waals surface area contributed by atoms with Gasteiger partial charge < -0.3 is 15.4 Å². The third kappa shape index (κ3) is 3.30. The zero-order valence-electron chi connectivity index (χ0n) is 11.5. The first-order valence-corrected chi connectivity index (χ1v) is 6.68. The number of anilines is 2. The summed E-state index contributed by atoms with van der Waals surface area (Å²) < 4.78 is 5.37. The Labute approximate surface area is 123 Å². The van der Waals surface area contributed by atoms with Crippen LogP contribution in [0.4, 0.5) is 11.5 Å². The van der Waals surface area contributed by atoms with Crippen LogP contribution in [0.25, 0.3) is 0 Å². The summed E-state index contributed by atoms with van der Waals surface area (Å²) in [6.45, 7) is 3.04. The zero-order chi connectivity index (χ0) is 14.5. The third-order valence-corrected chi connectivity index (χ3v) is 3.01. The van der Waals surface area contributed by atoms with E-state index in [1.807, 2.05) is 43.1 Å². The minimum Gasteiger partial charge on any atom is -0.476 e. The van der Waals surface area contributed by atoms with E-state index in [0.717, 1.165) is 5.56 Å². The lowest BCUT2D eigenvalue weighted by atomic mass is 10.2. The standard InChI is InChI=1S/C14H17ClN4O/c1-3-20-14-12(16)13(17-9-18-14)19(2)8-10-5-4-6-11(15)7-10/h4-7,9H,3,8,16H2,1-2H3. The molecule has 0 aliphatic heterocycles. The number of hydrogen-bond donors (Lipinski definition) is 1. The van der Waals surface area contributed by atoms with E-state index in [4.69, 9.17) is 22.1 Å². The summed E-state index contributed by atoms with van der Waals surface area (Å²) in [7, 11) is 1.91. The van der Waals surface area contributed by atoms with Gasteiger partial charge in [0.05, 0.1) is 6.61 Å². The van der Waals surface area contributed by atoms with Gasteiger partial charge in [-0.3, -0.25) is 0 Å². The van der Waals surface area contributed by atoms with E-state index in [-0.39, 0.29) is 0 Å². The molecule has 0 saturated carbocycles. The Hall–Kier alpha value is -2.01. The normalized spacial score (nSPS) is 10.3. The van der Waals surface area contributed by atoms with Gasteiger partial charge >= 0.3 is 0 Å². The first kappa shape index (κ1) is 14.4. The van der Waals surface area contributed by atoms with Crippen LogP contribution < -0.4 is 15.4 Å². The molecule has 0 unspecified atom stereocenters. The first-order valence-electron chi connectivity index (χ1n) is 6.30. The van der Waals surface area contributed by atoms with E-state index in [1.54, 1.807) is 0 Å². The van der Waals surface area contributed by atoms with Crippen molar-refractivity contribution >= 4 is 23.1 Å². The van der Waals surface area contributed by atoms with Crippen molar-refractivity contribution < 1.29 is 4.74 Å². The van der Waals surface area contributed by atoms with Gasteiger partial charge in [0.25, 0.3) is 0 Å². The van der Waals surface area contributed by atoms with E-state index in [0.29, 0.717) is 35.6 Å².